The van der Waals surface area contributed by atoms with Gasteiger partial charge in [0.1, 0.15) is 0 Å². The second kappa shape index (κ2) is 15.4. The van der Waals surface area contributed by atoms with E-state index in [0.717, 1.165) is 0 Å². The van der Waals surface area contributed by atoms with Gasteiger partial charge in [0.25, 0.3) is 0 Å². The normalized spacial score (nSPS) is 15.3. The zero-order valence-corrected chi connectivity index (χ0v) is 25.5. The topological polar surface area (TPSA) is 47.9 Å². The number of alkyl halides is 18. The lowest BCUT2D eigenvalue weighted by Crippen LogP contribution is -2.61. The summed E-state index contributed by atoms with van der Waals surface area (Å²) in [5.41, 5.74) is 0. The van der Waals surface area contributed by atoms with E-state index in [0.29, 0.717) is 7.11 Å². The molecule has 1 N–H and O–H groups in total. The molecule has 0 spiro atoms. The van der Waals surface area contributed by atoms with Crippen molar-refractivity contribution in [1.29, 1.82) is 0 Å². The third-order valence-corrected chi connectivity index (χ3v) is 18.7. The molecule has 0 aliphatic carbocycles. The third-order valence-electron chi connectivity index (χ3n) is 5.88. The standard InChI is InChI=1S/C19H28F18O4Si3/c1-39-43(10-4-16(26,27)28,11-5-17(29,30)31)41-44(12-6-18(32,33)34,13-7-19(35,36)37)40-42(38,8-2-14(20,21)22)9-3-15(23,24)25/h38H,2-13H2,1H3. The summed E-state index contributed by atoms with van der Waals surface area (Å²) in [5.74, 6) is 0. The van der Waals surface area contributed by atoms with E-state index in [4.69, 9.17) is 12.7 Å². The zero-order chi connectivity index (χ0) is 35.1. The molecule has 0 bridgehead atoms. The molecule has 0 saturated carbocycles. The van der Waals surface area contributed by atoms with E-state index in [-0.39, 0.29) is 0 Å². The van der Waals surface area contributed by atoms with Crippen LogP contribution < -0.4 is 0 Å². The molecule has 0 atom stereocenters. The smallest absolute Gasteiger partial charge is 0.389 e. The minimum atomic E-state index is -5.85. The van der Waals surface area contributed by atoms with Gasteiger partial charge in [-0.25, -0.2) is 0 Å². The van der Waals surface area contributed by atoms with Crippen LogP contribution in [0.5, 0.6) is 0 Å². The van der Waals surface area contributed by atoms with Gasteiger partial charge >= 0.3 is 62.7 Å². The van der Waals surface area contributed by atoms with Crippen molar-refractivity contribution in [1.82, 2.24) is 0 Å². The van der Waals surface area contributed by atoms with Gasteiger partial charge in [-0.15, -0.1) is 0 Å². The van der Waals surface area contributed by atoms with Crippen LogP contribution in [0, 0.1) is 0 Å². The van der Waals surface area contributed by atoms with Crippen molar-refractivity contribution in [2.24, 2.45) is 0 Å². The van der Waals surface area contributed by atoms with Crippen molar-refractivity contribution in [2.45, 2.75) is 112 Å². The predicted molar refractivity (Wildman–Crippen MR) is 122 cm³/mol. The highest BCUT2D eigenvalue weighted by atomic mass is 28.5. The van der Waals surface area contributed by atoms with Crippen LogP contribution in [0.4, 0.5) is 79.0 Å². The Morgan fingerprint density at radius 2 is 0.614 bits per heavy atom. The number of halogens is 18. The van der Waals surface area contributed by atoms with E-state index in [2.05, 4.69) is 0 Å². The SMILES string of the molecule is CO[Si](CCC(F)(F)F)(CCC(F)(F)F)O[Si](CCC(F)(F)F)(CCC(F)(F)F)O[Si](O)(CCC(F)(F)F)CCC(F)(F)F. The molecule has 0 saturated heterocycles. The number of hydrogen-bond acceptors (Lipinski definition) is 4. The summed E-state index contributed by atoms with van der Waals surface area (Å²) in [6, 6.07) is -10.4. The summed E-state index contributed by atoms with van der Waals surface area (Å²) in [7, 11) is -16.5. The summed E-state index contributed by atoms with van der Waals surface area (Å²) in [5, 5.41) is 0. The molecule has 0 unspecified atom stereocenters. The average molecular weight is 747 g/mol. The van der Waals surface area contributed by atoms with Crippen molar-refractivity contribution in [3.05, 3.63) is 0 Å². The lowest BCUT2D eigenvalue weighted by atomic mass is 10.5. The molecule has 4 nitrogen and oxygen atoms in total. The highest BCUT2D eigenvalue weighted by molar-refractivity contribution is 6.86. The van der Waals surface area contributed by atoms with Gasteiger partial charge in [0.2, 0.25) is 0 Å². The van der Waals surface area contributed by atoms with Gasteiger partial charge in [-0.3, -0.25) is 0 Å². The third kappa shape index (κ3) is 21.1. The fraction of sp³-hybridized carbons (Fsp3) is 1.00. The molecule has 44 heavy (non-hydrogen) atoms. The first-order valence-electron chi connectivity index (χ1n) is 12.3. The Morgan fingerprint density at radius 3 is 0.841 bits per heavy atom. The molecule has 0 amide bonds. The minimum Gasteiger partial charge on any atom is -0.415 e. The van der Waals surface area contributed by atoms with E-state index in [9.17, 15) is 83.8 Å². The van der Waals surface area contributed by atoms with Crippen LogP contribution in [0.1, 0.15) is 38.5 Å². The summed E-state index contributed by atoms with van der Waals surface area (Å²) in [6.07, 6.45) is -44.4. The highest BCUT2D eigenvalue weighted by Crippen LogP contribution is 2.43. The first-order chi connectivity index (χ1) is 19.2. The first kappa shape index (κ1) is 43.2. The van der Waals surface area contributed by atoms with Gasteiger partial charge in [-0.1, -0.05) is 0 Å². The van der Waals surface area contributed by atoms with Crippen molar-refractivity contribution in [2.75, 3.05) is 7.11 Å². The van der Waals surface area contributed by atoms with Crippen LogP contribution in [0.3, 0.4) is 0 Å². The predicted octanol–water partition coefficient (Wildman–Crippen LogP) is 9.70. The van der Waals surface area contributed by atoms with E-state index in [1.807, 2.05) is 0 Å². The molecule has 0 aliphatic rings. The summed E-state index contributed by atoms with van der Waals surface area (Å²) in [6.45, 7) is 0. The second-order valence-electron chi connectivity index (χ2n) is 9.87. The average Bonchev–Trinajstić information content (AvgIpc) is 2.78. The van der Waals surface area contributed by atoms with Crippen LogP contribution in [0.2, 0.25) is 36.3 Å². The van der Waals surface area contributed by atoms with Crippen molar-refractivity contribution in [3.63, 3.8) is 0 Å². The number of hydrogen-bond donors (Lipinski definition) is 1. The molecule has 0 rings (SSSR count). The molecule has 0 fully saturated rings. The van der Waals surface area contributed by atoms with Crippen LogP contribution in [-0.4, -0.2) is 74.6 Å². The summed E-state index contributed by atoms with van der Waals surface area (Å²) in [4.78, 5) is 10.8. The number of rotatable bonds is 17. The quantitative estimate of drug-likeness (QED) is 0.119. The Bertz CT molecular complexity index is 798. The van der Waals surface area contributed by atoms with Gasteiger partial charge in [-0.2, -0.15) is 79.0 Å². The van der Waals surface area contributed by atoms with Crippen LogP contribution in [-0.2, 0) is 12.7 Å². The Hall–Kier alpha value is -0.769. The van der Waals surface area contributed by atoms with Crippen molar-refractivity contribution >= 4 is 25.7 Å². The molecule has 0 aliphatic heterocycles. The molecule has 0 heterocycles. The molecular formula is C19H28F18O4Si3. The van der Waals surface area contributed by atoms with Gasteiger partial charge in [-0.05, 0) is 36.3 Å². The maximum absolute atomic E-state index is 13.2. The monoisotopic (exact) mass is 746 g/mol. The second-order valence-corrected chi connectivity index (χ2v) is 20.4. The van der Waals surface area contributed by atoms with Crippen molar-refractivity contribution in [3.8, 4) is 0 Å². The Labute approximate surface area is 241 Å². The maximum Gasteiger partial charge on any atom is 0.389 e. The van der Waals surface area contributed by atoms with Gasteiger partial charge in [0.05, 0.1) is 0 Å². The van der Waals surface area contributed by atoms with Crippen LogP contribution in [0.15, 0.2) is 0 Å². The molecule has 0 aromatic carbocycles. The molecular weight excluding hydrogens is 718 g/mol. The lowest BCUT2D eigenvalue weighted by Gasteiger charge is -2.44. The summed E-state index contributed by atoms with van der Waals surface area (Å²) < 4.78 is 251. The Morgan fingerprint density at radius 1 is 0.386 bits per heavy atom. The Balaban J connectivity index is 7.25. The van der Waals surface area contributed by atoms with Gasteiger partial charge in [0, 0.05) is 45.6 Å². The molecule has 266 valence electrons. The van der Waals surface area contributed by atoms with E-state index in [1.54, 1.807) is 0 Å². The fourth-order valence-electron chi connectivity index (χ4n) is 3.74. The fourth-order valence-corrected chi connectivity index (χ4v) is 18.5. The van der Waals surface area contributed by atoms with Gasteiger partial charge in [0.15, 0.2) is 0 Å². The largest absolute Gasteiger partial charge is 0.415 e. The van der Waals surface area contributed by atoms with Crippen LogP contribution >= 0.6 is 0 Å². The molecule has 0 radical (unpaired) electrons. The zero-order valence-electron chi connectivity index (χ0n) is 22.5. The maximum atomic E-state index is 13.2. The van der Waals surface area contributed by atoms with Crippen molar-refractivity contribution < 1.29 is 96.5 Å². The Kier molecular flexibility index (Phi) is 15.2. The summed E-state index contributed by atoms with van der Waals surface area (Å²) >= 11 is 0. The van der Waals surface area contributed by atoms with Crippen LogP contribution in [0.25, 0.3) is 0 Å². The molecule has 0 aromatic heterocycles. The lowest BCUT2D eigenvalue weighted by molar-refractivity contribution is -0.134. The van der Waals surface area contributed by atoms with Gasteiger partial charge < -0.3 is 17.5 Å². The van der Waals surface area contributed by atoms with E-state index in [1.165, 1.54) is 0 Å². The van der Waals surface area contributed by atoms with E-state index < -0.39 is 138 Å². The first-order valence-corrected chi connectivity index (χ1v) is 19.0. The van der Waals surface area contributed by atoms with E-state index >= 15 is 0 Å². The molecule has 0 aromatic rings. The molecule has 25 heteroatoms. The highest BCUT2D eigenvalue weighted by Gasteiger charge is 2.57. The minimum absolute atomic E-state index is 0.433.